The summed E-state index contributed by atoms with van der Waals surface area (Å²) >= 11 is 0. The number of hydrogen-bond donors (Lipinski definition) is 2. The van der Waals surface area contributed by atoms with Gasteiger partial charge >= 0.3 is 0 Å². The average molecular weight is 288 g/mol. The summed E-state index contributed by atoms with van der Waals surface area (Å²) in [6.45, 7) is 6.34. The van der Waals surface area contributed by atoms with E-state index in [4.69, 9.17) is 0 Å². The van der Waals surface area contributed by atoms with Gasteiger partial charge in [0, 0.05) is 19.3 Å². The Morgan fingerprint density at radius 2 is 2.10 bits per heavy atom. The van der Waals surface area contributed by atoms with Gasteiger partial charge in [0.15, 0.2) is 0 Å². The highest BCUT2D eigenvalue weighted by molar-refractivity contribution is 5.39. The van der Waals surface area contributed by atoms with Crippen LogP contribution >= 0.6 is 0 Å². The van der Waals surface area contributed by atoms with Gasteiger partial charge in [0.25, 0.3) is 0 Å². The lowest BCUT2D eigenvalue weighted by Crippen LogP contribution is -2.10. The standard InChI is InChI=1S/C17H28N4/c1-14(2)8-11-18-16-10-13-20-17(21-16)19-12-9-15-6-4-3-5-7-15/h6,10,13-14H,3-5,7-9,11-12H2,1-2H3,(H2,18,19,20,21). The number of nitrogens with one attached hydrogen (secondary N) is 2. The van der Waals surface area contributed by atoms with Crippen molar-refractivity contribution in [2.24, 2.45) is 5.92 Å². The lowest BCUT2D eigenvalue weighted by molar-refractivity contribution is 0.606. The molecule has 0 amide bonds. The second-order valence-electron chi connectivity index (χ2n) is 6.16. The van der Waals surface area contributed by atoms with Gasteiger partial charge in [-0.2, -0.15) is 4.98 Å². The summed E-state index contributed by atoms with van der Waals surface area (Å²) in [5.41, 5.74) is 1.58. The van der Waals surface area contributed by atoms with Gasteiger partial charge in [-0.1, -0.05) is 25.5 Å². The smallest absolute Gasteiger partial charge is 0.224 e. The Bertz CT molecular complexity index is 454. The minimum atomic E-state index is 0.709. The molecule has 0 bridgehead atoms. The van der Waals surface area contributed by atoms with Crippen molar-refractivity contribution in [3.63, 3.8) is 0 Å². The third-order valence-electron chi connectivity index (χ3n) is 3.80. The molecule has 2 N–H and O–H groups in total. The van der Waals surface area contributed by atoms with E-state index >= 15 is 0 Å². The summed E-state index contributed by atoms with van der Waals surface area (Å²) in [6, 6.07) is 1.93. The third kappa shape index (κ3) is 6.15. The maximum absolute atomic E-state index is 4.50. The molecule has 116 valence electrons. The van der Waals surface area contributed by atoms with Crippen molar-refractivity contribution in [3.05, 3.63) is 23.9 Å². The molecule has 0 saturated carbocycles. The van der Waals surface area contributed by atoms with Crippen molar-refractivity contribution in [2.45, 2.75) is 52.4 Å². The van der Waals surface area contributed by atoms with Crippen molar-refractivity contribution in [1.82, 2.24) is 9.97 Å². The monoisotopic (exact) mass is 288 g/mol. The van der Waals surface area contributed by atoms with E-state index < -0.39 is 0 Å². The highest BCUT2D eigenvalue weighted by Gasteiger charge is 2.04. The number of anilines is 2. The molecule has 4 nitrogen and oxygen atoms in total. The molecule has 21 heavy (non-hydrogen) atoms. The molecule has 0 fully saturated rings. The first kappa shape index (κ1) is 15.8. The molecule has 0 spiro atoms. The maximum Gasteiger partial charge on any atom is 0.224 e. The fraction of sp³-hybridized carbons (Fsp3) is 0.647. The van der Waals surface area contributed by atoms with Crippen LogP contribution in [0.25, 0.3) is 0 Å². The molecule has 0 radical (unpaired) electrons. The summed E-state index contributed by atoms with van der Waals surface area (Å²) in [7, 11) is 0. The van der Waals surface area contributed by atoms with Crippen LogP contribution in [0, 0.1) is 5.92 Å². The van der Waals surface area contributed by atoms with Crippen LogP contribution in [-0.4, -0.2) is 23.1 Å². The molecule has 1 aliphatic rings. The molecule has 0 saturated heterocycles. The molecule has 1 aromatic heterocycles. The summed E-state index contributed by atoms with van der Waals surface area (Å²) in [5.74, 6) is 2.34. The number of allylic oxidation sites excluding steroid dienone is 1. The first-order valence-corrected chi connectivity index (χ1v) is 8.23. The van der Waals surface area contributed by atoms with Gasteiger partial charge in [-0.3, -0.25) is 0 Å². The Morgan fingerprint density at radius 1 is 1.19 bits per heavy atom. The fourth-order valence-corrected chi connectivity index (χ4v) is 2.50. The highest BCUT2D eigenvalue weighted by Crippen LogP contribution is 2.19. The van der Waals surface area contributed by atoms with Crippen LogP contribution < -0.4 is 10.6 Å². The van der Waals surface area contributed by atoms with Gasteiger partial charge in [0.05, 0.1) is 0 Å². The second kappa shape index (κ2) is 8.65. The van der Waals surface area contributed by atoms with E-state index in [0.29, 0.717) is 5.92 Å². The van der Waals surface area contributed by atoms with Gasteiger partial charge in [0.2, 0.25) is 5.95 Å². The van der Waals surface area contributed by atoms with E-state index in [1.54, 1.807) is 5.57 Å². The van der Waals surface area contributed by atoms with Crippen molar-refractivity contribution >= 4 is 11.8 Å². The molecule has 0 unspecified atom stereocenters. The predicted octanol–water partition coefficient (Wildman–Crippen LogP) is 4.24. The van der Waals surface area contributed by atoms with Gasteiger partial charge in [-0.25, -0.2) is 4.98 Å². The normalized spacial score (nSPS) is 14.9. The molecule has 1 heterocycles. The third-order valence-corrected chi connectivity index (χ3v) is 3.80. The fourth-order valence-electron chi connectivity index (χ4n) is 2.50. The zero-order valence-electron chi connectivity index (χ0n) is 13.4. The zero-order valence-corrected chi connectivity index (χ0v) is 13.4. The average Bonchev–Trinajstić information content (AvgIpc) is 2.48. The molecule has 1 aromatic rings. The maximum atomic E-state index is 4.50. The van der Waals surface area contributed by atoms with Gasteiger partial charge in [-0.05, 0) is 50.5 Å². The highest BCUT2D eigenvalue weighted by atomic mass is 15.1. The Labute approximate surface area is 128 Å². The number of nitrogens with zero attached hydrogens (tertiary/aromatic N) is 2. The quantitative estimate of drug-likeness (QED) is 0.703. The van der Waals surface area contributed by atoms with Crippen LogP contribution in [0.4, 0.5) is 11.8 Å². The summed E-state index contributed by atoms with van der Waals surface area (Å²) in [6.07, 6.45) is 11.7. The van der Waals surface area contributed by atoms with Gasteiger partial charge < -0.3 is 10.6 Å². The molecular weight excluding hydrogens is 260 g/mol. The van der Waals surface area contributed by atoms with Crippen LogP contribution in [0.2, 0.25) is 0 Å². The SMILES string of the molecule is CC(C)CCNc1ccnc(NCCC2=CCCCC2)n1. The predicted molar refractivity (Wildman–Crippen MR) is 89.6 cm³/mol. The van der Waals surface area contributed by atoms with E-state index in [-0.39, 0.29) is 0 Å². The Kier molecular flexibility index (Phi) is 6.51. The largest absolute Gasteiger partial charge is 0.370 e. The molecule has 1 aliphatic carbocycles. The summed E-state index contributed by atoms with van der Waals surface area (Å²) < 4.78 is 0. The van der Waals surface area contributed by atoms with Crippen LogP contribution in [0.1, 0.15) is 52.4 Å². The number of hydrogen-bond acceptors (Lipinski definition) is 4. The number of aromatic nitrogens is 2. The van der Waals surface area contributed by atoms with E-state index in [0.717, 1.165) is 37.7 Å². The lowest BCUT2D eigenvalue weighted by atomic mass is 9.97. The van der Waals surface area contributed by atoms with Crippen LogP contribution in [0.5, 0.6) is 0 Å². The second-order valence-corrected chi connectivity index (χ2v) is 6.16. The van der Waals surface area contributed by atoms with Crippen LogP contribution in [0.15, 0.2) is 23.9 Å². The van der Waals surface area contributed by atoms with E-state index in [1.807, 2.05) is 12.3 Å². The summed E-state index contributed by atoms with van der Waals surface area (Å²) in [5, 5.41) is 6.68. The Hall–Kier alpha value is -1.58. The minimum Gasteiger partial charge on any atom is -0.370 e. The van der Waals surface area contributed by atoms with Crippen LogP contribution in [-0.2, 0) is 0 Å². The van der Waals surface area contributed by atoms with Crippen LogP contribution in [0.3, 0.4) is 0 Å². The minimum absolute atomic E-state index is 0.709. The van der Waals surface area contributed by atoms with E-state index in [2.05, 4.69) is 40.5 Å². The van der Waals surface area contributed by atoms with E-state index in [1.165, 1.54) is 25.7 Å². The Morgan fingerprint density at radius 3 is 2.86 bits per heavy atom. The zero-order chi connectivity index (χ0) is 14.9. The molecule has 4 heteroatoms. The van der Waals surface area contributed by atoms with E-state index in [9.17, 15) is 0 Å². The first-order chi connectivity index (χ1) is 10.2. The van der Waals surface area contributed by atoms with Crippen molar-refractivity contribution < 1.29 is 0 Å². The van der Waals surface area contributed by atoms with Gasteiger partial charge in [0.1, 0.15) is 5.82 Å². The Balaban J connectivity index is 1.73. The lowest BCUT2D eigenvalue weighted by Gasteiger charge is -2.13. The van der Waals surface area contributed by atoms with Crippen molar-refractivity contribution in [3.8, 4) is 0 Å². The topological polar surface area (TPSA) is 49.8 Å². The molecule has 0 aromatic carbocycles. The molecule has 0 atom stereocenters. The molecule has 0 aliphatic heterocycles. The first-order valence-electron chi connectivity index (χ1n) is 8.23. The van der Waals surface area contributed by atoms with Gasteiger partial charge in [-0.15, -0.1) is 0 Å². The summed E-state index contributed by atoms with van der Waals surface area (Å²) in [4.78, 5) is 8.78. The number of rotatable bonds is 8. The van der Waals surface area contributed by atoms with Crippen molar-refractivity contribution in [2.75, 3.05) is 23.7 Å². The molecular formula is C17H28N4. The molecule has 2 rings (SSSR count). The van der Waals surface area contributed by atoms with Crippen molar-refractivity contribution in [1.29, 1.82) is 0 Å².